The number of primary amides is 1. The fraction of sp³-hybridized carbons (Fsp3) is 0.214. The lowest BCUT2D eigenvalue weighted by Crippen LogP contribution is -2.23. The van der Waals surface area contributed by atoms with Crippen molar-refractivity contribution in [1.82, 2.24) is 10.2 Å². The Morgan fingerprint density at radius 1 is 1.16 bits per heavy atom. The van der Waals surface area contributed by atoms with Crippen molar-refractivity contribution in [2.24, 2.45) is 5.73 Å². The zero-order chi connectivity index (χ0) is 13.8. The number of hydrogen-bond acceptors (Lipinski definition) is 4. The third kappa shape index (κ3) is 2.88. The molecule has 19 heavy (non-hydrogen) atoms. The van der Waals surface area contributed by atoms with Crippen molar-refractivity contribution < 1.29 is 9.53 Å². The van der Waals surface area contributed by atoms with Crippen LogP contribution in [-0.4, -0.2) is 23.2 Å². The molecule has 0 aliphatic carbocycles. The van der Waals surface area contributed by atoms with Crippen molar-refractivity contribution in [2.75, 3.05) is 7.11 Å². The maximum absolute atomic E-state index is 11.7. The molecule has 2 aromatic rings. The van der Waals surface area contributed by atoms with Crippen LogP contribution in [0.1, 0.15) is 22.7 Å². The molecule has 1 heterocycles. The number of hydrogen-bond donors (Lipinski definition) is 1. The second-order valence-corrected chi connectivity index (χ2v) is 4.25. The van der Waals surface area contributed by atoms with Crippen LogP contribution < -0.4 is 10.5 Å². The monoisotopic (exact) mass is 257 g/mol. The molecule has 1 unspecified atom stereocenters. The van der Waals surface area contributed by atoms with Crippen LogP contribution in [0.5, 0.6) is 5.88 Å². The fourth-order valence-corrected chi connectivity index (χ4v) is 1.83. The lowest BCUT2D eigenvalue weighted by Gasteiger charge is -2.13. The first-order valence-electron chi connectivity index (χ1n) is 5.85. The molecule has 1 atom stereocenters. The molecule has 98 valence electrons. The molecular formula is C14H15N3O2. The number of benzene rings is 1. The third-order valence-electron chi connectivity index (χ3n) is 2.86. The molecule has 2 rings (SSSR count). The molecule has 0 aliphatic rings. The SMILES string of the molecule is COc1ccc(C(C(N)=O)c2ccc(C)cc2)nn1. The zero-order valence-electron chi connectivity index (χ0n) is 10.8. The van der Waals surface area contributed by atoms with Crippen molar-refractivity contribution in [3.63, 3.8) is 0 Å². The largest absolute Gasteiger partial charge is 0.480 e. The molecule has 0 saturated heterocycles. The van der Waals surface area contributed by atoms with Gasteiger partial charge in [-0.2, -0.15) is 5.10 Å². The Labute approximate surface area is 111 Å². The predicted molar refractivity (Wildman–Crippen MR) is 70.8 cm³/mol. The van der Waals surface area contributed by atoms with Crippen LogP contribution in [0.3, 0.4) is 0 Å². The molecule has 1 amide bonds. The number of rotatable bonds is 4. The molecule has 0 radical (unpaired) electrons. The maximum Gasteiger partial charge on any atom is 0.233 e. The number of amides is 1. The highest BCUT2D eigenvalue weighted by molar-refractivity contribution is 5.85. The van der Waals surface area contributed by atoms with Gasteiger partial charge in [0.25, 0.3) is 0 Å². The molecule has 0 fully saturated rings. The van der Waals surface area contributed by atoms with E-state index in [1.807, 2.05) is 31.2 Å². The van der Waals surface area contributed by atoms with Crippen LogP contribution in [0.4, 0.5) is 0 Å². The minimum Gasteiger partial charge on any atom is -0.480 e. The Morgan fingerprint density at radius 2 is 1.84 bits per heavy atom. The first-order valence-corrected chi connectivity index (χ1v) is 5.85. The van der Waals surface area contributed by atoms with Gasteiger partial charge in [0.1, 0.15) is 5.92 Å². The lowest BCUT2D eigenvalue weighted by molar-refractivity contribution is -0.118. The number of aryl methyl sites for hydroxylation is 1. The van der Waals surface area contributed by atoms with Gasteiger partial charge < -0.3 is 10.5 Å². The summed E-state index contributed by atoms with van der Waals surface area (Å²) in [5, 5.41) is 7.86. The van der Waals surface area contributed by atoms with Crippen molar-refractivity contribution in [3.05, 3.63) is 53.2 Å². The van der Waals surface area contributed by atoms with Crippen LogP contribution >= 0.6 is 0 Å². The van der Waals surface area contributed by atoms with E-state index in [1.165, 1.54) is 7.11 Å². The van der Waals surface area contributed by atoms with Gasteiger partial charge in [-0.05, 0) is 18.6 Å². The van der Waals surface area contributed by atoms with Gasteiger partial charge >= 0.3 is 0 Å². The summed E-state index contributed by atoms with van der Waals surface area (Å²) in [4.78, 5) is 11.7. The minimum absolute atomic E-state index is 0.399. The third-order valence-corrected chi connectivity index (χ3v) is 2.86. The number of ether oxygens (including phenoxy) is 1. The van der Waals surface area contributed by atoms with E-state index < -0.39 is 11.8 Å². The average Bonchev–Trinajstić information content (AvgIpc) is 2.42. The molecule has 0 aliphatic heterocycles. The molecule has 5 heteroatoms. The van der Waals surface area contributed by atoms with Gasteiger partial charge in [0.2, 0.25) is 11.8 Å². The Bertz CT molecular complexity index is 564. The number of nitrogens with zero attached hydrogens (tertiary/aromatic N) is 2. The lowest BCUT2D eigenvalue weighted by atomic mass is 9.94. The second kappa shape index (κ2) is 5.48. The Balaban J connectivity index is 2.39. The van der Waals surface area contributed by atoms with Crippen LogP contribution in [0.25, 0.3) is 0 Å². The summed E-state index contributed by atoms with van der Waals surface area (Å²) in [6.45, 7) is 1.98. The summed E-state index contributed by atoms with van der Waals surface area (Å²) in [5.41, 5.74) is 7.90. The molecular weight excluding hydrogens is 242 g/mol. The van der Waals surface area contributed by atoms with Crippen LogP contribution in [0.15, 0.2) is 36.4 Å². The number of methoxy groups -OCH3 is 1. The minimum atomic E-state index is -0.598. The molecule has 5 nitrogen and oxygen atoms in total. The fourth-order valence-electron chi connectivity index (χ4n) is 1.83. The molecule has 0 saturated carbocycles. The number of aromatic nitrogens is 2. The van der Waals surface area contributed by atoms with Gasteiger partial charge in [-0.1, -0.05) is 29.8 Å². The first-order chi connectivity index (χ1) is 9.11. The van der Waals surface area contributed by atoms with E-state index in [-0.39, 0.29) is 0 Å². The summed E-state index contributed by atoms with van der Waals surface area (Å²) in [5.74, 6) is -0.654. The van der Waals surface area contributed by atoms with E-state index >= 15 is 0 Å². The highest BCUT2D eigenvalue weighted by Gasteiger charge is 2.22. The van der Waals surface area contributed by atoms with Crippen molar-refractivity contribution >= 4 is 5.91 Å². The maximum atomic E-state index is 11.7. The van der Waals surface area contributed by atoms with E-state index in [0.29, 0.717) is 11.6 Å². The molecule has 0 spiro atoms. The van der Waals surface area contributed by atoms with E-state index in [0.717, 1.165) is 11.1 Å². The standard InChI is InChI=1S/C14H15N3O2/c1-9-3-5-10(6-4-9)13(14(15)18)11-7-8-12(19-2)17-16-11/h3-8,13H,1-2H3,(H2,15,18). The first kappa shape index (κ1) is 13.0. The van der Waals surface area contributed by atoms with E-state index in [2.05, 4.69) is 10.2 Å². The highest BCUT2D eigenvalue weighted by Crippen LogP contribution is 2.23. The Kier molecular flexibility index (Phi) is 3.75. The van der Waals surface area contributed by atoms with Gasteiger partial charge in [0.15, 0.2) is 0 Å². The van der Waals surface area contributed by atoms with Gasteiger partial charge in [-0.25, -0.2) is 0 Å². The normalized spacial score (nSPS) is 11.9. The quantitative estimate of drug-likeness (QED) is 0.898. The Morgan fingerprint density at radius 3 is 2.32 bits per heavy atom. The molecule has 0 bridgehead atoms. The average molecular weight is 257 g/mol. The Hall–Kier alpha value is -2.43. The van der Waals surface area contributed by atoms with Crippen molar-refractivity contribution in [1.29, 1.82) is 0 Å². The van der Waals surface area contributed by atoms with Gasteiger partial charge in [0.05, 0.1) is 12.8 Å². The van der Waals surface area contributed by atoms with Gasteiger partial charge in [-0.3, -0.25) is 4.79 Å². The van der Waals surface area contributed by atoms with Crippen LogP contribution in [0, 0.1) is 6.92 Å². The van der Waals surface area contributed by atoms with Crippen LogP contribution in [0.2, 0.25) is 0 Å². The summed E-state index contributed by atoms with van der Waals surface area (Å²) in [6, 6.07) is 11.0. The number of nitrogens with two attached hydrogens (primary N) is 1. The van der Waals surface area contributed by atoms with Gasteiger partial charge in [0, 0.05) is 6.07 Å². The summed E-state index contributed by atoms with van der Waals surface area (Å²) in [7, 11) is 1.51. The summed E-state index contributed by atoms with van der Waals surface area (Å²) in [6.07, 6.45) is 0. The molecule has 1 aromatic heterocycles. The topological polar surface area (TPSA) is 78.1 Å². The van der Waals surface area contributed by atoms with Gasteiger partial charge in [-0.15, -0.1) is 5.10 Å². The zero-order valence-corrected chi connectivity index (χ0v) is 10.8. The van der Waals surface area contributed by atoms with Crippen molar-refractivity contribution in [3.8, 4) is 5.88 Å². The highest BCUT2D eigenvalue weighted by atomic mass is 16.5. The van der Waals surface area contributed by atoms with E-state index in [1.54, 1.807) is 12.1 Å². The number of carbonyl (C=O) groups excluding carboxylic acids is 1. The van der Waals surface area contributed by atoms with E-state index in [9.17, 15) is 4.79 Å². The molecule has 2 N–H and O–H groups in total. The predicted octanol–water partition coefficient (Wildman–Crippen LogP) is 1.41. The molecule has 1 aromatic carbocycles. The van der Waals surface area contributed by atoms with Crippen molar-refractivity contribution in [2.45, 2.75) is 12.8 Å². The smallest absolute Gasteiger partial charge is 0.233 e. The number of carbonyl (C=O) groups is 1. The van der Waals surface area contributed by atoms with E-state index in [4.69, 9.17) is 10.5 Å². The second-order valence-electron chi connectivity index (χ2n) is 4.25. The van der Waals surface area contributed by atoms with Crippen LogP contribution in [-0.2, 0) is 4.79 Å². The summed E-state index contributed by atoms with van der Waals surface area (Å²) < 4.78 is 4.94. The summed E-state index contributed by atoms with van der Waals surface area (Å²) >= 11 is 0.